The summed E-state index contributed by atoms with van der Waals surface area (Å²) in [5.74, 6) is -1.58. The molecule has 1 atom stereocenters. The van der Waals surface area contributed by atoms with E-state index in [-0.39, 0.29) is 24.8 Å². The number of halogens is 1. The minimum absolute atomic E-state index is 0.0624. The second-order valence-corrected chi connectivity index (χ2v) is 7.33. The Balaban J connectivity index is 1.36. The number of carbonyl (C=O) groups is 3. The van der Waals surface area contributed by atoms with Gasteiger partial charge in [-0.3, -0.25) is 14.4 Å². The number of anilines is 2. The van der Waals surface area contributed by atoms with Gasteiger partial charge in [0.25, 0.3) is 5.91 Å². The lowest BCUT2D eigenvalue weighted by molar-refractivity contribution is -0.137. The van der Waals surface area contributed by atoms with E-state index in [9.17, 15) is 18.8 Å². The SMILES string of the molecule is O=C1CC(C(=O)Nc2ccc(OCC(=O)N3CCOCC3)cc2)c2cc(F)ccc2N1. The van der Waals surface area contributed by atoms with Gasteiger partial charge in [-0.1, -0.05) is 0 Å². The third-order valence-electron chi connectivity index (χ3n) is 5.22. The Morgan fingerprint density at radius 1 is 1.16 bits per heavy atom. The average Bonchev–Trinajstić information content (AvgIpc) is 2.78. The summed E-state index contributed by atoms with van der Waals surface area (Å²) in [4.78, 5) is 38.5. The predicted molar refractivity (Wildman–Crippen MR) is 110 cm³/mol. The molecule has 2 aliphatic rings. The number of rotatable bonds is 5. The minimum Gasteiger partial charge on any atom is -0.484 e. The zero-order valence-corrected chi connectivity index (χ0v) is 16.7. The number of hydrogen-bond donors (Lipinski definition) is 2. The number of amides is 3. The molecule has 0 spiro atoms. The van der Waals surface area contributed by atoms with E-state index in [2.05, 4.69) is 10.6 Å². The predicted octanol–water partition coefficient (Wildman–Crippen LogP) is 2.13. The van der Waals surface area contributed by atoms with Gasteiger partial charge in [-0.2, -0.15) is 0 Å². The Morgan fingerprint density at radius 2 is 1.90 bits per heavy atom. The third kappa shape index (κ3) is 5.00. The van der Waals surface area contributed by atoms with Gasteiger partial charge < -0.3 is 25.0 Å². The summed E-state index contributed by atoms with van der Waals surface area (Å²) in [7, 11) is 0. The summed E-state index contributed by atoms with van der Waals surface area (Å²) in [6, 6.07) is 10.5. The second-order valence-electron chi connectivity index (χ2n) is 7.33. The van der Waals surface area contributed by atoms with Crippen LogP contribution >= 0.6 is 0 Å². The van der Waals surface area contributed by atoms with Gasteiger partial charge in [0.05, 0.1) is 19.1 Å². The number of fused-ring (bicyclic) bond motifs is 1. The normalized spacial score (nSPS) is 18.0. The van der Waals surface area contributed by atoms with E-state index in [1.807, 2.05) is 0 Å². The van der Waals surface area contributed by atoms with Crippen LogP contribution in [0.4, 0.5) is 15.8 Å². The number of hydrogen-bond acceptors (Lipinski definition) is 5. The fourth-order valence-corrected chi connectivity index (χ4v) is 3.58. The quantitative estimate of drug-likeness (QED) is 0.762. The maximum absolute atomic E-state index is 13.7. The van der Waals surface area contributed by atoms with Crippen molar-refractivity contribution in [1.82, 2.24) is 4.90 Å². The second kappa shape index (κ2) is 9.13. The number of ether oxygens (including phenoxy) is 2. The fourth-order valence-electron chi connectivity index (χ4n) is 3.58. The molecule has 1 saturated heterocycles. The molecule has 162 valence electrons. The number of carbonyl (C=O) groups excluding carboxylic acids is 3. The largest absolute Gasteiger partial charge is 0.484 e. The standard InChI is InChI=1S/C22H22FN3O5/c23-14-1-6-19-17(11-14)18(12-20(27)25-19)22(29)24-15-2-4-16(5-3-15)31-13-21(28)26-7-9-30-10-8-26/h1-6,11,18H,7-10,12-13H2,(H,24,29)(H,25,27). The molecule has 4 rings (SSSR count). The molecule has 2 heterocycles. The van der Waals surface area contributed by atoms with Gasteiger partial charge in [-0.25, -0.2) is 4.39 Å². The van der Waals surface area contributed by atoms with Gasteiger partial charge in [0, 0.05) is 30.9 Å². The molecule has 2 aromatic rings. The van der Waals surface area contributed by atoms with E-state index in [1.54, 1.807) is 29.2 Å². The van der Waals surface area contributed by atoms with Crippen LogP contribution in [-0.4, -0.2) is 55.5 Å². The maximum atomic E-state index is 13.7. The first-order valence-corrected chi connectivity index (χ1v) is 9.98. The van der Waals surface area contributed by atoms with Crippen molar-refractivity contribution in [2.45, 2.75) is 12.3 Å². The van der Waals surface area contributed by atoms with Crippen LogP contribution in [0, 0.1) is 5.82 Å². The number of nitrogens with one attached hydrogen (secondary N) is 2. The lowest BCUT2D eigenvalue weighted by Gasteiger charge is -2.26. The molecule has 2 N–H and O–H groups in total. The van der Waals surface area contributed by atoms with Gasteiger partial charge in [-0.15, -0.1) is 0 Å². The Labute approximate surface area is 178 Å². The van der Waals surface area contributed by atoms with Crippen molar-refractivity contribution in [2.75, 3.05) is 43.5 Å². The van der Waals surface area contributed by atoms with Gasteiger partial charge in [0.15, 0.2) is 6.61 Å². The molecule has 31 heavy (non-hydrogen) atoms. The van der Waals surface area contributed by atoms with Crippen LogP contribution in [0.3, 0.4) is 0 Å². The summed E-state index contributed by atoms with van der Waals surface area (Å²) in [5, 5.41) is 5.40. The van der Waals surface area contributed by atoms with Crippen molar-refractivity contribution in [3.8, 4) is 5.75 Å². The van der Waals surface area contributed by atoms with Crippen molar-refractivity contribution in [1.29, 1.82) is 0 Å². The van der Waals surface area contributed by atoms with Crippen molar-refractivity contribution in [2.24, 2.45) is 0 Å². The van der Waals surface area contributed by atoms with E-state index in [4.69, 9.17) is 9.47 Å². The lowest BCUT2D eigenvalue weighted by Crippen LogP contribution is -2.42. The average molecular weight is 427 g/mol. The van der Waals surface area contributed by atoms with Gasteiger partial charge in [-0.05, 0) is 48.0 Å². The zero-order valence-electron chi connectivity index (χ0n) is 16.7. The summed E-state index contributed by atoms with van der Waals surface area (Å²) < 4.78 is 24.4. The molecule has 2 aromatic carbocycles. The molecule has 1 fully saturated rings. The summed E-state index contributed by atoms with van der Waals surface area (Å²) in [5.41, 5.74) is 1.38. The Morgan fingerprint density at radius 3 is 2.65 bits per heavy atom. The molecule has 3 amide bonds. The maximum Gasteiger partial charge on any atom is 0.260 e. The molecule has 1 unspecified atom stereocenters. The summed E-state index contributed by atoms with van der Waals surface area (Å²) in [6.07, 6.45) is -0.0624. The molecular weight excluding hydrogens is 405 g/mol. The van der Waals surface area contributed by atoms with Gasteiger partial charge in [0.2, 0.25) is 11.8 Å². The fraction of sp³-hybridized carbons (Fsp3) is 0.318. The highest BCUT2D eigenvalue weighted by molar-refractivity contribution is 6.05. The molecule has 0 bridgehead atoms. The number of nitrogens with zero attached hydrogens (tertiary/aromatic N) is 1. The molecular formula is C22H22FN3O5. The monoisotopic (exact) mass is 427 g/mol. The van der Waals surface area contributed by atoms with Crippen molar-refractivity contribution in [3.63, 3.8) is 0 Å². The van der Waals surface area contributed by atoms with Crippen molar-refractivity contribution >= 4 is 29.1 Å². The van der Waals surface area contributed by atoms with Gasteiger partial charge in [0.1, 0.15) is 11.6 Å². The van der Waals surface area contributed by atoms with Crippen molar-refractivity contribution < 1.29 is 28.2 Å². The van der Waals surface area contributed by atoms with E-state index in [1.165, 1.54) is 18.2 Å². The van der Waals surface area contributed by atoms with E-state index < -0.39 is 17.6 Å². The highest BCUT2D eigenvalue weighted by Gasteiger charge is 2.31. The Bertz CT molecular complexity index is 989. The Hall–Kier alpha value is -3.46. The molecule has 2 aliphatic heterocycles. The molecule has 0 aromatic heterocycles. The highest BCUT2D eigenvalue weighted by atomic mass is 19.1. The Kier molecular flexibility index (Phi) is 6.13. The minimum atomic E-state index is -0.790. The smallest absolute Gasteiger partial charge is 0.260 e. The van der Waals surface area contributed by atoms with Crippen LogP contribution in [0.5, 0.6) is 5.75 Å². The molecule has 8 nitrogen and oxygen atoms in total. The first-order valence-electron chi connectivity index (χ1n) is 9.98. The third-order valence-corrected chi connectivity index (χ3v) is 5.22. The topological polar surface area (TPSA) is 97.0 Å². The molecule has 0 aliphatic carbocycles. The number of benzene rings is 2. The first kappa shape index (κ1) is 20.8. The van der Waals surface area contributed by atoms with Crippen LogP contribution in [-0.2, 0) is 19.1 Å². The number of morpholine rings is 1. The first-order chi connectivity index (χ1) is 15.0. The van der Waals surface area contributed by atoms with E-state index >= 15 is 0 Å². The van der Waals surface area contributed by atoms with Crippen molar-refractivity contribution in [3.05, 3.63) is 53.8 Å². The van der Waals surface area contributed by atoms with Crippen LogP contribution in [0.2, 0.25) is 0 Å². The van der Waals surface area contributed by atoms with Gasteiger partial charge >= 0.3 is 0 Å². The molecule has 0 saturated carbocycles. The zero-order chi connectivity index (χ0) is 21.8. The van der Waals surface area contributed by atoms with E-state index in [0.717, 1.165) is 0 Å². The van der Waals surface area contributed by atoms with Crippen LogP contribution < -0.4 is 15.4 Å². The highest BCUT2D eigenvalue weighted by Crippen LogP contribution is 2.33. The molecule has 9 heteroatoms. The van der Waals surface area contributed by atoms with E-state index in [0.29, 0.717) is 49.0 Å². The van der Waals surface area contributed by atoms with Crippen LogP contribution in [0.25, 0.3) is 0 Å². The summed E-state index contributed by atoms with van der Waals surface area (Å²) in [6.45, 7) is 2.09. The molecule has 0 radical (unpaired) electrons. The van der Waals surface area contributed by atoms with Crippen LogP contribution in [0.1, 0.15) is 17.9 Å². The van der Waals surface area contributed by atoms with Crippen LogP contribution in [0.15, 0.2) is 42.5 Å². The lowest BCUT2D eigenvalue weighted by atomic mass is 9.89. The summed E-state index contributed by atoms with van der Waals surface area (Å²) >= 11 is 0.